The first kappa shape index (κ1) is 10.8. The second-order valence-corrected chi connectivity index (χ2v) is 17.1. The van der Waals surface area contributed by atoms with E-state index in [4.69, 9.17) is 20.9 Å². The molecule has 5 heteroatoms. The fourth-order valence-corrected chi connectivity index (χ4v) is 7.70. The van der Waals surface area contributed by atoms with Gasteiger partial charge in [0.05, 0.1) is 0 Å². The Morgan fingerprint density at radius 3 is 2.40 bits per heavy atom. The van der Waals surface area contributed by atoms with Crippen molar-refractivity contribution in [2.24, 2.45) is 0 Å². The maximum atomic E-state index is 10.4. The summed E-state index contributed by atoms with van der Waals surface area (Å²) in [6, 6.07) is 0. The van der Waals surface area contributed by atoms with E-state index in [1.165, 1.54) is 6.92 Å². The topological polar surface area (TPSA) is 26.3 Å². The molecule has 0 aliphatic carbocycles. The van der Waals surface area contributed by atoms with E-state index in [1.54, 1.807) is 0 Å². The number of rotatable bonds is 3. The minimum atomic E-state index is -3.36. The molecule has 60 valence electrons. The van der Waals surface area contributed by atoms with Gasteiger partial charge in [0.2, 0.25) is 0 Å². The minimum absolute atomic E-state index is 0.366. The molecule has 0 heterocycles. The van der Waals surface area contributed by atoms with Crippen molar-refractivity contribution in [2.75, 3.05) is 0 Å². The van der Waals surface area contributed by atoms with Crippen molar-refractivity contribution in [3.63, 3.8) is 0 Å². The molecule has 0 bridgehead atoms. The zero-order chi connectivity index (χ0) is 8.20. The molecule has 10 heavy (non-hydrogen) atoms. The summed E-state index contributed by atoms with van der Waals surface area (Å²) in [7, 11) is 11.5. The first-order chi connectivity index (χ1) is 4.48. The van der Waals surface area contributed by atoms with E-state index < -0.39 is 16.5 Å². The average Bonchev–Trinajstić information content (AvgIpc) is 1.59. The number of carbonyl (C=O) groups is 1. The van der Waals surface area contributed by atoms with Gasteiger partial charge in [-0.25, -0.2) is 0 Å². The van der Waals surface area contributed by atoms with Gasteiger partial charge in [0.25, 0.3) is 0 Å². The monoisotopic (exact) mass is 292 g/mol. The first-order valence-corrected chi connectivity index (χ1v) is 13.5. The molecule has 0 aliphatic heterocycles. The fourth-order valence-electron chi connectivity index (χ4n) is 0.552. The Labute approximate surface area is 72.7 Å². The van der Waals surface area contributed by atoms with Gasteiger partial charge in [-0.15, -0.1) is 0 Å². The first-order valence-electron chi connectivity index (χ1n) is 3.05. The van der Waals surface area contributed by atoms with Crippen molar-refractivity contribution >= 4 is 40.3 Å². The van der Waals surface area contributed by atoms with Crippen LogP contribution in [0.1, 0.15) is 20.3 Å². The maximum absolute atomic E-state index is 10.4. The van der Waals surface area contributed by atoms with Gasteiger partial charge >= 0.3 is 72.9 Å². The van der Waals surface area contributed by atoms with E-state index in [0.717, 1.165) is 6.42 Å². The van der Waals surface area contributed by atoms with E-state index in [2.05, 4.69) is 0 Å². The molecule has 0 saturated heterocycles. The van der Waals surface area contributed by atoms with Crippen molar-refractivity contribution in [2.45, 2.75) is 24.7 Å². The molecule has 0 aromatic rings. The SMILES string of the molecule is CC[CH2][Sn]([Cl])([Cl])[O]C(C)=O. The van der Waals surface area contributed by atoms with E-state index in [-0.39, 0.29) is 5.97 Å². The van der Waals surface area contributed by atoms with Crippen LogP contribution in [-0.4, -0.2) is 22.5 Å². The Hall–Kier alpha value is 0.849. The van der Waals surface area contributed by atoms with Gasteiger partial charge in [0, 0.05) is 0 Å². The molecule has 0 saturated carbocycles. The zero-order valence-electron chi connectivity index (χ0n) is 5.99. The average molecular weight is 292 g/mol. The van der Waals surface area contributed by atoms with E-state index in [9.17, 15) is 4.79 Å². The Morgan fingerprint density at radius 2 is 2.10 bits per heavy atom. The quantitative estimate of drug-likeness (QED) is 0.746. The molecule has 0 radical (unpaired) electrons. The Balaban J connectivity index is 3.74. The van der Waals surface area contributed by atoms with Gasteiger partial charge in [0.1, 0.15) is 0 Å². The molecular weight excluding hydrogens is 282 g/mol. The summed E-state index contributed by atoms with van der Waals surface area (Å²) in [5.41, 5.74) is 0. The molecule has 0 fully saturated rings. The predicted molar refractivity (Wildman–Crippen MR) is 44.3 cm³/mol. The molecule has 0 atom stereocenters. The second-order valence-electron chi connectivity index (χ2n) is 1.98. The summed E-state index contributed by atoms with van der Waals surface area (Å²) in [6.07, 6.45) is 0.871. The molecule has 0 N–H and O–H groups in total. The molecule has 0 unspecified atom stereocenters. The zero-order valence-corrected chi connectivity index (χ0v) is 10.4. The standard InChI is InChI=1S/C3H7.C2H4O2.2ClH.Sn/c1-3-2;1-2(3)4;;;/h1,3H2,2H3;1H3,(H,3,4);2*1H;/q;;;;+3/p-3. The van der Waals surface area contributed by atoms with Crippen LogP contribution in [0, 0.1) is 0 Å². The van der Waals surface area contributed by atoms with Gasteiger partial charge < -0.3 is 0 Å². The Morgan fingerprint density at radius 1 is 1.60 bits per heavy atom. The van der Waals surface area contributed by atoms with Crippen LogP contribution in [0.15, 0.2) is 0 Å². The summed E-state index contributed by atoms with van der Waals surface area (Å²) in [5.74, 6) is -0.366. The summed E-state index contributed by atoms with van der Waals surface area (Å²) in [5, 5.41) is 0. The van der Waals surface area contributed by atoms with Crippen LogP contribution in [0.3, 0.4) is 0 Å². The van der Waals surface area contributed by atoms with Crippen LogP contribution in [0.25, 0.3) is 0 Å². The summed E-state index contributed by atoms with van der Waals surface area (Å²) in [4.78, 5) is 10.4. The number of halogens is 2. The normalized spacial score (nSPS) is 11.2. The third kappa shape index (κ3) is 5.62. The Kier molecular flexibility index (Phi) is 5.07. The van der Waals surface area contributed by atoms with Crippen molar-refractivity contribution in [1.82, 2.24) is 0 Å². The van der Waals surface area contributed by atoms with Crippen LogP contribution in [0.4, 0.5) is 0 Å². The van der Waals surface area contributed by atoms with Crippen LogP contribution < -0.4 is 0 Å². The summed E-state index contributed by atoms with van der Waals surface area (Å²) < 4.78 is 5.44. The molecular formula is C5H10Cl2O2Sn. The van der Waals surface area contributed by atoms with Gasteiger partial charge in [-0.1, -0.05) is 0 Å². The third-order valence-corrected chi connectivity index (χ3v) is 9.17. The number of carbonyl (C=O) groups excluding carboxylic acids is 1. The van der Waals surface area contributed by atoms with Gasteiger partial charge in [-0.05, 0) is 0 Å². The van der Waals surface area contributed by atoms with Crippen molar-refractivity contribution in [3.05, 3.63) is 0 Å². The summed E-state index contributed by atoms with van der Waals surface area (Å²) >= 11 is -3.36. The molecule has 0 spiro atoms. The second kappa shape index (κ2) is 4.67. The van der Waals surface area contributed by atoms with Crippen LogP contribution >= 0.6 is 17.8 Å². The van der Waals surface area contributed by atoms with Crippen molar-refractivity contribution in [3.8, 4) is 0 Å². The van der Waals surface area contributed by atoms with E-state index in [0.29, 0.717) is 4.44 Å². The predicted octanol–water partition coefficient (Wildman–Crippen LogP) is 2.38. The molecule has 2 nitrogen and oxygen atoms in total. The molecule has 0 aliphatic rings. The third-order valence-electron chi connectivity index (χ3n) is 0.834. The van der Waals surface area contributed by atoms with Crippen LogP contribution in [0.5, 0.6) is 0 Å². The van der Waals surface area contributed by atoms with Crippen molar-refractivity contribution < 1.29 is 7.87 Å². The molecule has 0 rings (SSSR count). The van der Waals surface area contributed by atoms with E-state index >= 15 is 0 Å². The Bertz CT molecular complexity index is 127. The molecule has 0 amide bonds. The fraction of sp³-hybridized carbons (Fsp3) is 0.800. The van der Waals surface area contributed by atoms with Crippen LogP contribution in [-0.2, 0) is 7.87 Å². The van der Waals surface area contributed by atoms with Gasteiger partial charge in [-0.2, -0.15) is 0 Å². The number of hydrogen-bond acceptors (Lipinski definition) is 2. The van der Waals surface area contributed by atoms with Crippen molar-refractivity contribution in [1.29, 1.82) is 0 Å². The molecule has 0 aromatic carbocycles. The molecule has 0 aromatic heterocycles. The summed E-state index contributed by atoms with van der Waals surface area (Å²) in [6.45, 7) is 3.28. The number of hydrogen-bond donors (Lipinski definition) is 0. The van der Waals surface area contributed by atoms with E-state index in [1.807, 2.05) is 6.92 Å². The van der Waals surface area contributed by atoms with Crippen LogP contribution in [0.2, 0.25) is 4.44 Å². The van der Waals surface area contributed by atoms with Gasteiger partial charge in [0.15, 0.2) is 0 Å². The van der Waals surface area contributed by atoms with Gasteiger partial charge in [-0.3, -0.25) is 0 Å².